The number of aromatic nitrogens is 2. The lowest BCUT2D eigenvalue weighted by Crippen LogP contribution is -2.53. The van der Waals surface area contributed by atoms with Gasteiger partial charge in [-0.1, -0.05) is 23.7 Å². The topological polar surface area (TPSA) is 236 Å². The van der Waals surface area contributed by atoms with E-state index in [9.17, 15) is 39.6 Å². The Balaban J connectivity index is 1.47. The van der Waals surface area contributed by atoms with E-state index in [0.717, 1.165) is 28.5 Å². The van der Waals surface area contributed by atoms with Gasteiger partial charge in [0.15, 0.2) is 18.1 Å². The normalized spacial score (nSPS) is 28.4. The van der Waals surface area contributed by atoms with Gasteiger partial charge in [0.2, 0.25) is 12.2 Å². The molecule has 3 heterocycles. The maximum Gasteiger partial charge on any atom is 0.330 e. The van der Waals surface area contributed by atoms with E-state index in [1.807, 2.05) is 11.1 Å². The summed E-state index contributed by atoms with van der Waals surface area (Å²) in [7, 11) is 0. The zero-order valence-electron chi connectivity index (χ0n) is 21.3. The van der Waals surface area contributed by atoms with Gasteiger partial charge in [-0.05, 0) is 30.2 Å². The van der Waals surface area contributed by atoms with E-state index in [0.29, 0.717) is 11.4 Å². The average Bonchev–Trinajstić information content (AvgIpc) is 3.24. The Kier molecular flexibility index (Phi) is 9.60. The van der Waals surface area contributed by atoms with Crippen molar-refractivity contribution in [3.05, 3.63) is 79.8 Å². The summed E-state index contributed by atoms with van der Waals surface area (Å²) in [4.78, 5) is 50.8. The van der Waals surface area contributed by atoms with Crippen LogP contribution in [0.1, 0.15) is 11.8 Å². The van der Waals surface area contributed by atoms with E-state index < -0.39 is 84.4 Å². The molecule has 0 unspecified atom stereocenters. The minimum atomic E-state index is -1.81. The summed E-state index contributed by atoms with van der Waals surface area (Å²) in [5, 5.41) is 44.6. The van der Waals surface area contributed by atoms with Crippen LogP contribution >= 0.6 is 11.6 Å². The number of H-pyrrole nitrogens is 1. The molecule has 8 N–H and O–H groups in total. The van der Waals surface area contributed by atoms with Crippen LogP contribution in [0.25, 0.3) is 0 Å². The molecule has 4 rings (SSSR count). The number of aromatic amines is 1. The zero-order valence-corrected chi connectivity index (χ0v) is 22.1. The highest BCUT2D eigenvalue weighted by Crippen LogP contribution is 2.36. The fourth-order valence-electron chi connectivity index (χ4n) is 4.55. The molecule has 8 atom stereocenters. The first kappa shape index (κ1) is 30.4. The van der Waals surface area contributed by atoms with Crippen LogP contribution < -0.4 is 22.3 Å². The van der Waals surface area contributed by atoms with E-state index in [1.54, 1.807) is 18.2 Å². The van der Waals surface area contributed by atoms with E-state index in [1.165, 1.54) is 0 Å². The summed E-state index contributed by atoms with van der Waals surface area (Å²) in [5.41, 5.74) is 4.74. The highest BCUT2D eigenvalue weighted by atomic mass is 35.5. The number of aliphatic hydroxyl groups is 4. The monoisotopic (exact) mass is 596 g/mol. The van der Waals surface area contributed by atoms with E-state index in [-0.39, 0.29) is 6.54 Å². The second-order valence-electron chi connectivity index (χ2n) is 9.44. The fraction of sp³-hybridized carbons (Fsp3) is 0.440. The maximum atomic E-state index is 12.7. The molecule has 0 radical (unpaired) electrons. The molecule has 1 aromatic carbocycles. The van der Waals surface area contributed by atoms with Gasteiger partial charge >= 0.3 is 5.69 Å². The summed E-state index contributed by atoms with van der Waals surface area (Å²) in [6.45, 7) is -0.573. The number of primary amides is 1. The lowest BCUT2D eigenvalue weighted by Gasteiger charge is -2.35. The SMILES string of the molecule is NC(=O)[C@H](O[C@H]1OC(C(=O)NCCc2cccc(Cl)c2)=C[C@H](O)[C@@H]1O)[C@H]1O[C@@H](n2ccc(=O)[nH]c2=O)[C@H](O)[C@@H]1CO. The van der Waals surface area contributed by atoms with Crippen molar-refractivity contribution in [1.82, 2.24) is 14.9 Å². The van der Waals surface area contributed by atoms with Gasteiger partial charge in [-0.2, -0.15) is 0 Å². The van der Waals surface area contributed by atoms with Crippen LogP contribution in [0.4, 0.5) is 0 Å². The summed E-state index contributed by atoms with van der Waals surface area (Å²) in [6.07, 6.45) is -9.11. The van der Waals surface area contributed by atoms with Crippen LogP contribution in [-0.4, -0.2) is 91.8 Å². The predicted octanol–water partition coefficient (Wildman–Crippen LogP) is -2.75. The lowest BCUT2D eigenvalue weighted by atomic mass is 9.94. The minimum absolute atomic E-state index is 0.172. The van der Waals surface area contributed by atoms with Crippen molar-refractivity contribution in [2.75, 3.05) is 13.2 Å². The van der Waals surface area contributed by atoms with Gasteiger partial charge in [-0.15, -0.1) is 0 Å². The first-order chi connectivity index (χ1) is 19.5. The number of ether oxygens (including phenoxy) is 3. The number of carbonyl (C=O) groups is 2. The van der Waals surface area contributed by atoms with Crippen LogP contribution in [0.2, 0.25) is 5.02 Å². The van der Waals surface area contributed by atoms with Gasteiger partial charge in [-0.3, -0.25) is 23.9 Å². The summed E-state index contributed by atoms with van der Waals surface area (Å²) in [6, 6.07) is 8.03. The van der Waals surface area contributed by atoms with Gasteiger partial charge in [0, 0.05) is 29.7 Å². The Morgan fingerprint density at radius 2 is 1.95 bits per heavy atom. The van der Waals surface area contributed by atoms with Gasteiger partial charge < -0.3 is 45.7 Å². The molecule has 2 amide bonds. The smallest absolute Gasteiger partial charge is 0.330 e. The molecule has 0 spiro atoms. The molecule has 1 saturated heterocycles. The van der Waals surface area contributed by atoms with Crippen LogP contribution in [0.5, 0.6) is 0 Å². The molecular formula is C25H29ClN4O11. The molecule has 41 heavy (non-hydrogen) atoms. The number of nitrogens with zero attached hydrogens (tertiary/aromatic N) is 1. The third-order valence-electron chi connectivity index (χ3n) is 6.65. The number of benzene rings is 1. The lowest BCUT2D eigenvalue weighted by molar-refractivity contribution is -0.239. The second-order valence-corrected chi connectivity index (χ2v) is 9.88. The van der Waals surface area contributed by atoms with Crippen molar-refractivity contribution in [3.8, 4) is 0 Å². The Bertz CT molecular complexity index is 1410. The summed E-state index contributed by atoms with van der Waals surface area (Å²) >= 11 is 5.96. The van der Waals surface area contributed by atoms with Gasteiger partial charge in [0.05, 0.1) is 6.61 Å². The fourth-order valence-corrected chi connectivity index (χ4v) is 4.76. The molecule has 2 aliphatic heterocycles. The Labute approximate surface area is 236 Å². The van der Waals surface area contributed by atoms with E-state index in [2.05, 4.69) is 5.32 Å². The Morgan fingerprint density at radius 3 is 2.61 bits per heavy atom. The van der Waals surface area contributed by atoms with Crippen molar-refractivity contribution < 1.29 is 44.2 Å². The van der Waals surface area contributed by atoms with Crippen LogP contribution in [0, 0.1) is 5.92 Å². The summed E-state index contributed by atoms with van der Waals surface area (Å²) in [5.74, 6) is -3.55. The molecule has 0 saturated carbocycles. The van der Waals surface area contributed by atoms with E-state index in [4.69, 9.17) is 31.5 Å². The largest absolute Gasteiger partial charge is 0.456 e. The highest BCUT2D eigenvalue weighted by Gasteiger charge is 2.51. The van der Waals surface area contributed by atoms with Gasteiger partial charge in [-0.25, -0.2) is 4.79 Å². The number of hydrogen-bond acceptors (Lipinski definition) is 11. The third-order valence-corrected chi connectivity index (χ3v) is 6.89. The van der Waals surface area contributed by atoms with Crippen LogP contribution in [0.3, 0.4) is 0 Å². The number of halogens is 1. The third kappa shape index (κ3) is 6.84. The number of amides is 2. The standard InChI is InChI=1S/C25H29ClN4O11/c26-12-3-1-2-11(8-12)4-6-28-22(37)15-9-14(32)18(35)24(39-15)41-20(21(27)36)19-13(10-31)17(34)23(40-19)30-7-5-16(33)29-25(30)38/h1-3,5,7-9,13-14,17-20,23-24,31-32,34-35H,4,6,10H2,(H2,27,36)(H,28,37)(H,29,33,38)/t13-,14-,17+,18-,19-,20+,23+,24+/m0/s1. The predicted molar refractivity (Wildman–Crippen MR) is 139 cm³/mol. The Morgan fingerprint density at radius 1 is 1.20 bits per heavy atom. The van der Waals surface area contributed by atoms with Crippen molar-refractivity contribution >= 4 is 23.4 Å². The number of nitrogens with one attached hydrogen (secondary N) is 2. The first-order valence-corrected chi connectivity index (χ1v) is 12.9. The van der Waals surface area contributed by atoms with Crippen molar-refractivity contribution in [1.29, 1.82) is 0 Å². The molecule has 2 aromatic rings. The molecule has 1 fully saturated rings. The number of aliphatic hydroxyl groups excluding tert-OH is 4. The molecule has 16 heteroatoms. The zero-order chi connectivity index (χ0) is 29.8. The molecule has 0 bridgehead atoms. The number of hydrogen-bond donors (Lipinski definition) is 7. The molecule has 2 aliphatic rings. The molecule has 0 aliphatic carbocycles. The van der Waals surface area contributed by atoms with Gasteiger partial charge in [0.1, 0.15) is 24.4 Å². The highest BCUT2D eigenvalue weighted by molar-refractivity contribution is 6.30. The molecule has 15 nitrogen and oxygen atoms in total. The second kappa shape index (κ2) is 12.9. The Hall–Kier alpha value is -3.57. The molecular weight excluding hydrogens is 568 g/mol. The minimum Gasteiger partial charge on any atom is -0.456 e. The van der Waals surface area contributed by atoms with Crippen LogP contribution in [-0.2, 0) is 30.2 Å². The molecule has 222 valence electrons. The van der Waals surface area contributed by atoms with Gasteiger partial charge in [0.25, 0.3) is 11.5 Å². The first-order valence-electron chi connectivity index (χ1n) is 12.5. The van der Waals surface area contributed by atoms with Crippen molar-refractivity contribution in [2.45, 2.75) is 49.5 Å². The van der Waals surface area contributed by atoms with E-state index >= 15 is 0 Å². The maximum absolute atomic E-state index is 12.7. The van der Waals surface area contributed by atoms with Crippen LogP contribution in [0.15, 0.2) is 58.0 Å². The number of rotatable bonds is 10. The molecule has 1 aromatic heterocycles. The number of carbonyl (C=O) groups excluding carboxylic acids is 2. The number of nitrogens with two attached hydrogens (primary N) is 1. The van der Waals surface area contributed by atoms with Crippen molar-refractivity contribution in [2.24, 2.45) is 11.7 Å². The quantitative estimate of drug-likeness (QED) is 0.148. The average molecular weight is 597 g/mol. The van der Waals surface area contributed by atoms with Crippen molar-refractivity contribution in [3.63, 3.8) is 0 Å². The summed E-state index contributed by atoms with van der Waals surface area (Å²) < 4.78 is 17.5.